The van der Waals surface area contributed by atoms with Gasteiger partial charge in [-0.2, -0.15) is 0 Å². The van der Waals surface area contributed by atoms with Gasteiger partial charge in [-0.1, -0.05) is 30.3 Å². The lowest BCUT2D eigenvalue weighted by atomic mass is 9.88. The summed E-state index contributed by atoms with van der Waals surface area (Å²) in [6.07, 6.45) is 0.781. The van der Waals surface area contributed by atoms with Crippen LogP contribution in [0, 0.1) is 0 Å². The van der Waals surface area contributed by atoms with E-state index in [1.807, 2.05) is 48.3 Å². The molecule has 0 aliphatic carbocycles. The Morgan fingerprint density at radius 2 is 1.52 bits per heavy atom. The minimum Gasteiger partial charge on any atom is -0.360 e. The van der Waals surface area contributed by atoms with Gasteiger partial charge < -0.3 is 20.4 Å². The van der Waals surface area contributed by atoms with Gasteiger partial charge in [-0.05, 0) is 73.3 Å². The van der Waals surface area contributed by atoms with E-state index in [9.17, 15) is 38.4 Å². The number of rotatable bonds is 9. The first-order valence-corrected chi connectivity index (χ1v) is 20.2. The monoisotopic (exact) mass is 830 g/mol. The molecule has 3 unspecified atom stereocenters. The molecule has 3 fully saturated rings. The van der Waals surface area contributed by atoms with E-state index in [0.717, 1.165) is 38.2 Å². The van der Waals surface area contributed by atoms with E-state index in [4.69, 9.17) is 0 Å². The predicted molar refractivity (Wildman–Crippen MR) is 222 cm³/mol. The highest BCUT2D eigenvalue weighted by Crippen LogP contribution is 2.33. The Bertz CT molecular complexity index is 2560. The lowest BCUT2D eigenvalue weighted by molar-refractivity contribution is -0.136. The lowest BCUT2D eigenvalue weighted by Gasteiger charge is -2.36. The second-order valence-electron chi connectivity index (χ2n) is 16.1. The van der Waals surface area contributed by atoms with Crippen molar-refractivity contribution in [2.75, 3.05) is 56.9 Å². The van der Waals surface area contributed by atoms with Crippen molar-refractivity contribution in [1.29, 1.82) is 0 Å². The Morgan fingerprint density at radius 3 is 2.23 bits per heavy atom. The van der Waals surface area contributed by atoms with Gasteiger partial charge in [0.25, 0.3) is 29.2 Å². The quantitative estimate of drug-likeness (QED) is 0.202. The zero-order valence-electron chi connectivity index (χ0n) is 34.1. The molecule has 3 aromatic carbocycles. The summed E-state index contributed by atoms with van der Waals surface area (Å²) in [4.78, 5) is 110. The van der Waals surface area contributed by atoms with E-state index in [2.05, 4.69) is 30.8 Å². The molecule has 316 valence electrons. The maximum atomic E-state index is 13.5. The number of likely N-dealkylation sites (tertiary alicyclic amines) is 1. The number of carbonyl (C=O) groups is 6. The minimum absolute atomic E-state index is 0.000927. The normalized spacial score (nSPS) is 21.0. The molecule has 4 aliphatic heterocycles. The number of aromatic nitrogens is 3. The van der Waals surface area contributed by atoms with E-state index in [1.165, 1.54) is 26.2 Å². The summed E-state index contributed by atoms with van der Waals surface area (Å²) >= 11 is 0. The first kappa shape index (κ1) is 41.0. The molecule has 0 saturated carbocycles. The van der Waals surface area contributed by atoms with Gasteiger partial charge in [-0.3, -0.25) is 53.2 Å². The fourth-order valence-electron chi connectivity index (χ4n) is 8.67. The third kappa shape index (κ3) is 8.23. The van der Waals surface area contributed by atoms with Crippen LogP contribution in [0.4, 0.5) is 11.5 Å². The van der Waals surface area contributed by atoms with E-state index >= 15 is 0 Å². The zero-order valence-corrected chi connectivity index (χ0v) is 34.1. The first-order valence-electron chi connectivity index (χ1n) is 20.2. The number of imide groups is 2. The van der Waals surface area contributed by atoms with Crippen LogP contribution in [0.3, 0.4) is 0 Å². The third-order valence-electron chi connectivity index (χ3n) is 11.9. The molecule has 4 aliphatic rings. The van der Waals surface area contributed by atoms with Crippen molar-refractivity contribution in [3.05, 3.63) is 121 Å². The van der Waals surface area contributed by atoms with Gasteiger partial charge in [0.1, 0.15) is 6.04 Å². The molecular weight excluding hydrogens is 785 g/mol. The molecule has 0 spiro atoms. The SMILES string of the molecule is CN1CC(Nc2nn(C)c(=O)n(C)c2=O)CC(c2ccc(C(=O)N3CCN(Cc4ccc(C(=O)Nc5cccc6c5C(=O)N(C5CCC(=O)NC5=O)C6=O)cc4)CC3)cc2)C1. The number of benzene rings is 3. The fraction of sp³-hybridized carbons (Fsp3) is 0.372. The van der Waals surface area contributed by atoms with Gasteiger partial charge in [-0.15, -0.1) is 5.10 Å². The molecule has 6 amide bonds. The Hall–Kier alpha value is -6.79. The molecule has 5 heterocycles. The van der Waals surface area contributed by atoms with Crippen molar-refractivity contribution in [2.45, 2.75) is 43.8 Å². The smallest absolute Gasteiger partial charge is 0.346 e. The average Bonchev–Trinajstić information content (AvgIpc) is 3.51. The van der Waals surface area contributed by atoms with Crippen LogP contribution in [-0.4, -0.2) is 128 Å². The molecule has 0 radical (unpaired) electrons. The van der Waals surface area contributed by atoms with Gasteiger partial charge in [0, 0.05) is 83.5 Å². The van der Waals surface area contributed by atoms with Crippen molar-refractivity contribution in [3.63, 3.8) is 0 Å². The average molecular weight is 831 g/mol. The van der Waals surface area contributed by atoms with Gasteiger partial charge in [0.2, 0.25) is 17.6 Å². The van der Waals surface area contributed by atoms with Crippen LogP contribution in [0.2, 0.25) is 0 Å². The summed E-state index contributed by atoms with van der Waals surface area (Å²) in [5.74, 6) is -2.74. The maximum absolute atomic E-state index is 13.5. The van der Waals surface area contributed by atoms with Crippen molar-refractivity contribution in [1.82, 2.24) is 39.3 Å². The fourth-order valence-corrected chi connectivity index (χ4v) is 8.67. The number of fused-ring (bicyclic) bond motifs is 1. The molecule has 61 heavy (non-hydrogen) atoms. The maximum Gasteiger partial charge on any atom is 0.346 e. The van der Waals surface area contributed by atoms with E-state index in [-0.39, 0.29) is 53.3 Å². The number of nitrogens with zero attached hydrogens (tertiary/aromatic N) is 7. The summed E-state index contributed by atoms with van der Waals surface area (Å²) in [5.41, 5.74) is 2.31. The van der Waals surface area contributed by atoms with E-state index in [1.54, 1.807) is 18.2 Å². The second kappa shape index (κ2) is 16.7. The Morgan fingerprint density at radius 1 is 0.820 bits per heavy atom. The zero-order chi connectivity index (χ0) is 43.1. The number of hydrogen-bond acceptors (Lipinski definition) is 12. The van der Waals surface area contributed by atoms with Gasteiger partial charge in [0.15, 0.2) is 0 Å². The summed E-state index contributed by atoms with van der Waals surface area (Å²) in [7, 11) is 4.97. The number of likely N-dealkylation sites (N-methyl/N-ethyl adjacent to an activating group) is 1. The molecule has 1 aromatic heterocycles. The van der Waals surface area contributed by atoms with E-state index < -0.39 is 46.8 Å². The van der Waals surface area contributed by atoms with Crippen molar-refractivity contribution < 1.29 is 28.8 Å². The summed E-state index contributed by atoms with van der Waals surface area (Å²) in [5, 5.41) is 12.3. The van der Waals surface area contributed by atoms with Crippen molar-refractivity contribution >= 4 is 46.9 Å². The Labute approximate surface area is 350 Å². The van der Waals surface area contributed by atoms with Crippen LogP contribution in [-0.2, 0) is 30.2 Å². The highest BCUT2D eigenvalue weighted by molar-refractivity contribution is 6.26. The van der Waals surface area contributed by atoms with Crippen LogP contribution in [0.1, 0.15) is 77.7 Å². The third-order valence-corrected chi connectivity index (χ3v) is 11.9. The molecule has 0 bridgehead atoms. The number of nitrogens with one attached hydrogen (secondary N) is 3. The number of amides is 6. The number of aryl methyl sites for hydroxylation is 1. The molecule has 3 N–H and O–H groups in total. The minimum atomic E-state index is -1.11. The number of piperazine rings is 1. The lowest BCUT2D eigenvalue weighted by Crippen LogP contribution is -2.54. The highest BCUT2D eigenvalue weighted by Gasteiger charge is 2.46. The van der Waals surface area contributed by atoms with Gasteiger partial charge in [0.05, 0.1) is 16.8 Å². The van der Waals surface area contributed by atoms with E-state index in [0.29, 0.717) is 50.4 Å². The molecule has 8 rings (SSSR count). The topological polar surface area (TPSA) is 208 Å². The van der Waals surface area contributed by atoms with Crippen LogP contribution in [0.15, 0.2) is 76.3 Å². The molecule has 4 aromatic rings. The molecule has 18 nitrogen and oxygen atoms in total. The van der Waals surface area contributed by atoms with Crippen LogP contribution < -0.4 is 27.2 Å². The summed E-state index contributed by atoms with van der Waals surface area (Å²) in [6.45, 7) is 4.60. The van der Waals surface area contributed by atoms with Crippen LogP contribution in [0.25, 0.3) is 0 Å². The summed E-state index contributed by atoms with van der Waals surface area (Å²) in [6, 6.07) is 18.2. The molecule has 18 heteroatoms. The number of piperidine rings is 2. The predicted octanol–water partition coefficient (Wildman–Crippen LogP) is 0.990. The first-order chi connectivity index (χ1) is 29.2. The number of carbonyl (C=O) groups excluding carboxylic acids is 6. The Kier molecular flexibility index (Phi) is 11.2. The second-order valence-corrected chi connectivity index (χ2v) is 16.1. The standard InChI is InChI=1S/C43H46N10O8/c1-48-23-29(21-30(24-48)44-36-42(60)49(2)43(61)50(3)47-36)26-11-13-28(14-12-26)39(57)52-19-17-51(18-20-52)22-25-7-9-27(10-8-25)37(55)45-32-6-4-5-31-35(32)41(59)53(40(31)58)33-15-16-34(54)46-38(33)56/h4-14,29-30,33H,15-24H2,1-3H3,(H,44,47)(H,45,55)(H,46,54,56). The van der Waals surface area contributed by atoms with Crippen LogP contribution in [0.5, 0.6) is 0 Å². The largest absolute Gasteiger partial charge is 0.360 e. The van der Waals surface area contributed by atoms with Gasteiger partial charge in [-0.25, -0.2) is 9.48 Å². The Balaban J connectivity index is 0.826. The molecule has 3 atom stereocenters. The van der Waals surface area contributed by atoms with Gasteiger partial charge >= 0.3 is 5.69 Å². The summed E-state index contributed by atoms with van der Waals surface area (Å²) < 4.78 is 2.19. The highest BCUT2D eigenvalue weighted by atomic mass is 16.2. The van der Waals surface area contributed by atoms with Crippen molar-refractivity contribution in [2.24, 2.45) is 14.1 Å². The van der Waals surface area contributed by atoms with Crippen molar-refractivity contribution in [3.8, 4) is 0 Å². The number of hydrogen-bond donors (Lipinski definition) is 3. The number of anilines is 2. The molecular formula is C43H46N10O8. The molecule has 3 saturated heterocycles. The van der Waals surface area contributed by atoms with Crippen LogP contribution >= 0.6 is 0 Å².